The second-order valence-corrected chi connectivity index (χ2v) is 4.62. The molecule has 0 saturated heterocycles. The van der Waals surface area contributed by atoms with Crippen LogP contribution in [0, 0.1) is 11.8 Å². The van der Waals surface area contributed by atoms with E-state index in [1.165, 1.54) is 25.7 Å². The average Bonchev–Trinajstić information content (AvgIpc) is 2.18. The molecule has 0 rings (SSSR count). The summed E-state index contributed by atoms with van der Waals surface area (Å²) in [4.78, 5) is 10.8. The van der Waals surface area contributed by atoms with Crippen molar-refractivity contribution in [2.45, 2.75) is 65.7 Å². The maximum absolute atomic E-state index is 10.8. The third kappa shape index (κ3) is 7.40. The van der Waals surface area contributed by atoms with E-state index in [0.29, 0.717) is 5.92 Å². The molecule has 0 radical (unpaired) electrons. The number of rotatable bonds is 9. The highest BCUT2D eigenvalue weighted by Gasteiger charge is 2.15. The van der Waals surface area contributed by atoms with E-state index in [1.54, 1.807) is 0 Å². The molecule has 0 aromatic rings. The summed E-state index contributed by atoms with van der Waals surface area (Å²) in [6.45, 7) is 6.41. The van der Waals surface area contributed by atoms with Gasteiger partial charge in [0.2, 0.25) is 0 Å². The Morgan fingerprint density at radius 2 is 1.80 bits per heavy atom. The van der Waals surface area contributed by atoms with Gasteiger partial charge in [-0.25, -0.2) is 0 Å². The van der Waals surface area contributed by atoms with Gasteiger partial charge < -0.3 is 5.11 Å². The quantitative estimate of drug-likeness (QED) is 0.587. The number of hydrogen-bond acceptors (Lipinski definition) is 1. The Balaban J connectivity index is 3.59. The fraction of sp³-hybridized carbons (Fsp3) is 0.923. The molecule has 2 nitrogen and oxygen atoms in total. The summed E-state index contributed by atoms with van der Waals surface area (Å²) >= 11 is 0. The minimum Gasteiger partial charge on any atom is -0.481 e. The zero-order valence-corrected chi connectivity index (χ0v) is 10.5. The van der Waals surface area contributed by atoms with Crippen LogP contribution in [0.2, 0.25) is 0 Å². The molecule has 0 aliphatic rings. The summed E-state index contributed by atoms with van der Waals surface area (Å²) in [5.74, 6) is -0.0677. The summed E-state index contributed by atoms with van der Waals surface area (Å²) in [7, 11) is 0. The van der Waals surface area contributed by atoms with Crippen LogP contribution in [0.3, 0.4) is 0 Å². The Morgan fingerprint density at radius 3 is 2.27 bits per heavy atom. The van der Waals surface area contributed by atoms with Crippen LogP contribution in [-0.4, -0.2) is 11.1 Å². The van der Waals surface area contributed by atoms with Crippen molar-refractivity contribution in [1.29, 1.82) is 0 Å². The molecular weight excluding hydrogens is 188 g/mol. The first-order valence-electron chi connectivity index (χ1n) is 6.34. The molecule has 0 fully saturated rings. The monoisotopic (exact) mass is 214 g/mol. The van der Waals surface area contributed by atoms with Crippen molar-refractivity contribution >= 4 is 5.97 Å². The van der Waals surface area contributed by atoms with E-state index in [4.69, 9.17) is 5.11 Å². The molecule has 2 unspecified atom stereocenters. The standard InChI is InChI=1S/C13H26O2/c1-4-6-7-8-11(3)9-10-12(5-2)13(14)15/h11-12H,4-10H2,1-3H3,(H,14,15). The van der Waals surface area contributed by atoms with Crippen LogP contribution >= 0.6 is 0 Å². The maximum Gasteiger partial charge on any atom is 0.306 e. The Bertz CT molecular complexity index is 166. The Morgan fingerprint density at radius 1 is 1.13 bits per heavy atom. The topological polar surface area (TPSA) is 37.3 Å². The van der Waals surface area contributed by atoms with Gasteiger partial charge in [-0.2, -0.15) is 0 Å². The average molecular weight is 214 g/mol. The lowest BCUT2D eigenvalue weighted by Gasteiger charge is -2.14. The van der Waals surface area contributed by atoms with Gasteiger partial charge >= 0.3 is 5.97 Å². The van der Waals surface area contributed by atoms with Crippen molar-refractivity contribution in [3.8, 4) is 0 Å². The van der Waals surface area contributed by atoms with E-state index in [9.17, 15) is 4.79 Å². The van der Waals surface area contributed by atoms with Gasteiger partial charge in [0.25, 0.3) is 0 Å². The van der Waals surface area contributed by atoms with E-state index >= 15 is 0 Å². The van der Waals surface area contributed by atoms with Crippen LogP contribution in [0.5, 0.6) is 0 Å². The van der Waals surface area contributed by atoms with Gasteiger partial charge in [-0.15, -0.1) is 0 Å². The molecule has 0 heterocycles. The normalized spacial score (nSPS) is 14.9. The van der Waals surface area contributed by atoms with Gasteiger partial charge in [0.15, 0.2) is 0 Å². The molecule has 2 atom stereocenters. The maximum atomic E-state index is 10.8. The van der Waals surface area contributed by atoms with Crippen LogP contribution in [0.25, 0.3) is 0 Å². The van der Waals surface area contributed by atoms with Crippen LogP contribution < -0.4 is 0 Å². The first-order valence-corrected chi connectivity index (χ1v) is 6.34. The summed E-state index contributed by atoms with van der Waals surface area (Å²) < 4.78 is 0. The summed E-state index contributed by atoms with van der Waals surface area (Å²) in [6.07, 6.45) is 7.79. The van der Waals surface area contributed by atoms with Crippen molar-refractivity contribution < 1.29 is 9.90 Å². The highest BCUT2D eigenvalue weighted by molar-refractivity contribution is 5.69. The summed E-state index contributed by atoms with van der Waals surface area (Å²) in [6, 6.07) is 0. The van der Waals surface area contributed by atoms with E-state index < -0.39 is 5.97 Å². The van der Waals surface area contributed by atoms with Gasteiger partial charge in [-0.1, -0.05) is 46.5 Å². The summed E-state index contributed by atoms with van der Waals surface area (Å²) in [5, 5.41) is 8.90. The molecule has 15 heavy (non-hydrogen) atoms. The highest BCUT2D eigenvalue weighted by atomic mass is 16.4. The van der Waals surface area contributed by atoms with Crippen molar-refractivity contribution in [3.05, 3.63) is 0 Å². The minimum atomic E-state index is -0.627. The molecule has 2 heteroatoms. The molecule has 0 aliphatic carbocycles. The molecule has 1 N–H and O–H groups in total. The fourth-order valence-corrected chi connectivity index (χ4v) is 1.88. The van der Waals surface area contributed by atoms with Crippen molar-refractivity contribution in [2.24, 2.45) is 11.8 Å². The molecule has 0 aromatic heterocycles. The third-order valence-electron chi connectivity index (χ3n) is 3.15. The first-order chi connectivity index (χ1) is 7.11. The lowest BCUT2D eigenvalue weighted by atomic mass is 9.92. The number of carboxylic acids is 1. The molecule has 0 spiro atoms. The molecule has 0 amide bonds. The van der Waals surface area contributed by atoms with E-state index in [1.807, 2.05) is 6.92 Å². The lowest BCUT2D eigenvalue weighted by molar-refractivity contribution is -0.142. The zero-order valence-electron chi connectivity index (χ0n) is 10.5. The van der Waals surface area contributed by atoms with Gasteiger partial charge in [0.05, 0.1) is 5.92 Å². The van der Waals surface area contributed by atoms with Crippen LogP contribution in [-0.2, 0) is 4.79 Å². The highest BCUT2D eigenvalue weighted by Crippen LogP contribution is 2.20. The molecular formula is C13H26O2. The number of carboxylic acid groups (broad SMARTS) is 1. The molecule has 0 saturated carbocycles. The smallest absolute Gasteiger partial charge is 0.306 e. The SMILES string of the molecule is CCCCCC(C)CCC(CC)C(=O)O. The second kappa shape index (κ2) is 8.75. The summed E-state index contributed by atoms with van der Waals surface area (Å²) in [5.41, 5.74) is 0. The van der Waals surface area contributed by atoms with Crippen LogP contribution in [0.1, 0.15) is 65.7 Å². The first kappa shape index (κ1) is 14.5. The largest absolute Gasteiger partial charge is 0.481 e. The molecule has 0 aliphatic heterocycles. The van der Waals surface area contributed by atoms with E-state index in [2.05, 4.69) is 13.8 Å². The number of hydrogen-bond donors (Lipinski definition) is 1. The second-order valence-electron chi connectivity index (χ2n) is 4.62. The lowest BCUT2D eigenvalue weighted by Crippen LogP contribution is -2.13. The van der Waals surface area contributed by atoms with Crippen LogP contribution in [0.15, 0.2) is 0 Å². The Kier molecular flexibility index (Phi) is 8.44. The predicted molar refractivity (Wildman–Crippen MR) is 64.0 cm³/mol. The Labute approximate surface area is 94.1 Å². The number of unbranched alkanes of at least 4 members (excludes halogenated alkanes) is 2. The molecule has 0 aromatic carbocycles. The van der Waals surface area contributed by atoms with E-state index in [-0.39, 0.29) is 5.92 Å². The van der Waals surface area contributed by atoms with Crippen LogP contribution in [0.4, 0.5) is 0 Å². The van der Waals surface area contributed by atoms with Crippen molar-refractivity contribution in [3.63, 3.8) is 0 Å². The van der Waals surface area contributed by atoms with E-state index in [0.717, 1.165) is 19.3 Å². The van der Waals surface area contributed by atoms with Gasteiger partial charge in [0, 0.05) is 0 Å². The minimum absolute atomic E-state index is 0.126. The van der Waals surface area contributed by atoms with Gasteiger partial charge in [-0.05, 0) is 25.2 Å². The number of carbonyl (C=O) groups is 1. The fourth-order valence-electron chi connectivity index (χ4n) is 1.88. The predicted octanol–water partition coefficient (Wildman–Crippen LogP) is 4.09. The van der Waals surface area contributed by atoms with Crippen molar-refractivity contribution in [2.75, 3.05) is 0 Å². The number of aliphatic carboxylic acids is 1. The van der Waals surface area contributed by atoms with Crippen molar-refractivity contribution in [1.82, 2.24) is 0 Å². The zero-order chi connectivity index (χ0) is 11.7. The molecule has 90 valence electrons. The third-order valence-corrected chi connectivity index (χ3v) is 3.15. The molecule has 0 bridgehead atoms. The van der Waals surface area contributed by atoms with Gasteiger partial charge in [0.1, 0.15) is 0 Å². The Hall–Kier alpha value is -0.530. The van der Waals surface area contributed by atoms with Gasteiger partial charge in [-0.3, -0.25) is 4.79 Å².